The van der Waals surface area contributed by atoms with E-state index in [-0.39, 0.29) is 11.9 Å². The van der Waals surface area contributed by atoms with Crippen molar-refractivity contribution in [1.29, 1.82) is 0 Å². The van der Waals surface area contributed by atoms with E-state index in [9.17, 15) is 4.79 Å². The van der Waals surface area contributed by atoms with Gasteiger partial charge in [0.05, 0.1) is 0 Å². The van der Waals surface area contributed by atoms with Gasteiger partial charge in [-0.15, -0.1) is 0 Å². The number of nitrogens with one attached hydrogen (secondary N) is 1. The number of aromatic nitrogens is 2. The van der Waals surface area contributed by atoms with Crippen molar-refractivity contribution in [2.75, 3.05) is 5.73 Å². The smallest absolute Gasteiger partial charge is 0.269 e. The number of carbonyl (C=O) groups excluding carboxylic acids is 1. The SMILES string of the molecule is CC[C@H](C)NC(=O)c1cc(N)nn1CC. The molecule has 0 saturated carbocycles. The van der Waals surface area contributed by atoms with Crippen LogP contribution in [0.15, 0.2) is 6.07 Å². The summed E-state index contributed by atoms with van der Waals surface area (Å²) in [5.41, 5.74) is 6.07. The number of nitrogens with two attached hydrogens (primary N) is 1. The number of nitrogen functional groups attached to an aromatic ring is 1. The van der Waals surface area contributed by atoms with Crippen LogP contribution < -0.4 is 11.1 Å². The Kier molecular flexibility index (Phi) is 3.71. The van der Waals surface area contributed by atoms with E-state index in [0.29, 0.717) is 18.1 Å². The van der Waals surface area contributed by atoms with Crippen LogP contribution >= 0.6 is 0 Å². The zero-order valence-electron chi connectivity index (χ0n) is 9.45. The average Bonchev–Trinajstić information content (AvgIpc) is 2.59. The number of nitrogens with zero attached hydrogens (tertiary/aromatic N) is 2. The fraction of sp³-hybridized carbons (Fsp3) is 0.600. The van der Waals surface area contributed by atoms with Gasteiger partial charge < -0.3 is 11.1 Å². The molecule has 0 aliphatic heterocycles. The molecule has 0 radical (unpaired) electrons. The molecule has 5 heteroatoms. The quantitative estimate of drug-likeness (QED) is 0.779. The van der Waals surface area contributed by atoms with Crippen LogP contribution in [0.25, 0.3) is 0 Å². The van der Waals surface area contributed by atoms with Gasteiger partial charge in [-0.3, -0.25) is 9.48 Å². The number of anilines is 1. The van der Waals surface area contributed by atoms with Crippen molar-refractivity contribution < 1.29 is 4.79 Å². The number of rotatable bonds is 4. The van der Waals surface area contributed by atoms with E-state index in [1.165, 1.54) is 0 Å². The lowest BCUT2D eigenvalue weighted by atomic mass is 10.2. The van der Waals surface area contributed by atoms with Gasteiger partial charge in [-0.2, -0.15) is 5.10 Å². The van der Waals surface area contributed by atoms with Crippen molar-refractivity contribution in [1.82, 2.24) is 15.1 Å². The summed E-state index contributed by atoms with van der Waals surface area (Å²) in [7, 11) is 0. The van der Waals surface area contributed by atoms with Gasteiger partial charge in [-0.1, -0.05) is 6.92 Å². The molecule has 0 bridgehead atoms. The number of hydrogen-bond donors (Lipinski definition) is 2. The molecule has 3 N–H and O–H groups in total. The highest BCUT2D eigenvalue weighted by molar-refractivity contribution is 5.93. The third-order valence-electron chi connectivity index (χ3n) is 2.32. The van der Waals surface area contributed by atoms with Crippen molar-refractivity contribution in [2.45, 2.75) is 39.8 Å². The predicted octanol–water partition coefficient (Wildman–Crippen LogP) is 1.01. The van der Waals surface area contributed by atoms with Crippen LogP contribution in [0.5, 0.6) is 0 Å². The number of aryl methyl sites for hydroxylation is 1. The minimum absolute atomic E-state index is 0.115. The summed E-state index contributed by atoms with van der Waals surface area (Å²) in [5.74, 6) is 0.265. The largest absolute Gasteiger partial charge is 0.382 e. The van der Waals surface area contributed by atoms with Crippen LogP contribution in [0.4, 0.5) is 5.82 Å². The summed E-state index contributed by atoms with van der Waals surface area (Å²) in [4.78, 5) is 11.8. The molecule has 0 saturated heterocycles. The first-order valence-electron chi connectivity index (χ1n) is 5.22. The van der Waals surface area contributed by atoms with Gasteiger partial charge in [0.1, 0.15) is 11.5 Å². The summed E-state index contributed by atoms with van der Waals surface area (Å²) in [6, 6.07) is 1.76. The fourth-order valence-corrected chi connectivity index (χ4v) is 1.26. The zero-order chi connectivity index (χ0) is 11.4. The van der Waals surface area contributed by atoms with E-state index in [2.05, 4.69) is 10.4 Å². The van der Waals surface area contributed by atoms with Crippen LogP contribution in [-0.2, 0) is 6.54 Å². The van der Waals surface area contributed by atoms with E-state index >= 15 is 0 Å². The van der Waals surface area contributed by atoms with Gasteiger partial charge >= 0.3 is 0 Å². The van der Waals surface area contributed by atoms with Crippen molar-refractivity contribution >= 4 is 11.7 Å². The highest BCUT2D eigenvalue weighted by Crippen LogP contribution is 2.06. The van der Waals surface area contributed by atoms with E-state index in [1.807, 2.05) is 20.8 Å². The maximum atomic E-state index is 11.8. The van der Waals surface area contributed by atoms with Crippen LogP contribution in [0.3, 0.4) is 0 Å². The molecule has 0 fully saturated rings. The number of carbonyl (C=O) groups is 1. The Morgan fingerprint density at radius 2 is 2.33 bits per heavy atom. The lowest BCUT2D eigenvalue weighted by Gasteiger charge is -2.11. The molecule has 1 heterocycles. The molecular weight excluding hydrogens is 192 g/mol. The monoisotopic (exact) mass is 210 g/mol. The van der Waals surface area contributed by atoms with Crippen LogP contribution in [-0.4, -0.2) is 21.7 Å². The second kappa shape index (κ2) is 4.82. The Morgan fingerprint density at radius 1 is 1.67 bits per heavy atom. The van der Waals surface area contributed by atoms with Crippen LogP contribution in [0.1, 0.15) is 37.7 Å². The lowest BCUT2D eigenvalue weighted by Crippen LogP contribution is -2.33. The highest BCUT2D eigenvalue weighted by Gasteiger charge is 2.14. The van der Waals surface area contributed by atoms with Gasteiger partial charge in [0.15, 0.2) is 0 Å². The molecule has 0 unspecified atom stereocenters. The van der Waals surface area contributed by atoms with Gasteiger partial charge in [0.25, 0.3) is 5.91 Å². The van der Waals surface area contributed by atoms with E-state index in [4.69, 9.17) is 5.73 Å². The van der Waals surface area contributed by atoms with Gasteiger partial charge in [-0.05, 0) is 20.3 Å². The number of hydrogen-bond acceptors (Lipinski definition) is 3. The summed E-state index contributed by atoms with van der Waals surface area (Å²) in [5, 5.41) is 6.90. The third-order valence-corrected chi connectivity index (χ3v) is 2.32. The van der Waals surface area contributed by atoms with E-state index in [1.54, 1.807) is 10.7 Å². The van der Waals surface area contributed by atoms with Gasteiger partial charge in [0.2, 0.25) is 0 Å². The normalized spacial score (nSPS) is 12.5. The maximum absolute atomic E-state index is 11.8. The first-order valence-corrected chi connectivity index (χ1v) is 5.22. The Labute approximate surface area is 89.6 Å². The van der Waals surface area contributed by atoms with Gasteiger partial charge in [0, 0.05) is 18.7 Å². The summed E-state index contributed by atoms with van der Waals surface area (Å²) < 4.78 is 1.60. The second-order valence-electron chi connectivity index (χ2n) is 3.55. The molecule has 0 aliphatic carbocycles. The molecule has 1 amide bonds. The average molecular weight is 210 g/mol. The van der Waals surface area contributed by atoms with Crippen molar-refractivity contribution in [3.05, 3.63) is 11.8 Å². The van der Waals surface area contributed by atoms with Crippen molar-refractivity contribution in [3.63, 3.8) is 0 Å². The molecule has 84 valence electrons. The molecule has 0 spiro atoms. The highest BCUT2D eigenvalue weighted by atomic mass is 16.2. The first-order chi connectivity index (χ1) is 7.08. The molecule has 1 atom stereocenters. The van der Waals surface area contributed by atoms with E-state index in [0.717, 1.165) is 6.42 Å². The zero-order valence-corrected chi connectivity index (χ0v) is 9.45. The molecular formula is C10H18N4O. The molecule has 1 aromatic heterocycles. The molecule has 0 aromatic carbocycles. The first kappa shape index (κ1) is 11.6. The minimum atomic E-state index is -0.115. The second-order valence-corrected chi connectivity index (χ2v) is 3.55. The Bertz CT molecular complexity index is 345. The van der Waals surface area contributed by atoms with Gasteiger partial charge in [-0.25, -0.2) is 0 Å². The Hall–Kier alpha value is -1.52. The summed E-state index contributed by atoms with van der Waals surface area (Å²) in [6.45, 7) is 6.55. The minimum Gasteiger partial charge on any atom is -0.382 e. The standard InChI is InChI=1S/C10H18N4O/c1-4-7(3)12-10(15)8-6-9(11)13-14(8)5-2/h6-7H,4-5H2,1-3H3,(H2,11,13)(H,12,15)/t7-/m0/s1. The lowest BCUT2D eigenvalue weighted by molar-refractivity contribution is 0.0928. The van der Waals surface area contributed by atoms with Crippen molar-refractivity contribution in [3.8, 4) is 0 Å². The third kappa shape index (κ3) is 2.71. The topological polar surface area (TPSA) is 72.9 Å². The Balaban J connectivity index is 2.81. The Morgan fingerprint density at radius 3 is 2.87 bits per heavy atom. The fourth-order valence-electron chi connectivity index (χ4n) is 1.26. The number of amides is 1. The van der Waals surface area contributed by atoms with Crippen molar-refractivity contribution in [2.24, 2.45) is 0 Å². The molecule has 15 heavy (non-hydrogen) atoms. The summed E-state index contributed by atoms with van der Waals surface area (Å²) >= 11 is 0. The van der Waals surface area contributed by atoms with E-state index < -0.39 is 0 Å². The predicted molar refractivity (Wildman–Crippen MR) is 59.5 cm³/mol. The van der Waals surface area contributed by atoms with Crippen LogP contribution in [0, 0.1) is 0 Å². The van der Waals surface area contributed by atoms with Crippen LogP contribution in [0.2, 0.25) is 0 Å². The molecule has 1 rings (SSSR count). The maximum Gasteiger partial charge on any atom is 0.269 e. The molecule has 1 aromatic rings. The molecule has 0 aliphatic rings. The molecule has 5 nitrogen and oxygen atoms in total. The summed E-state index contributed by atoms with van der Waals surface area (Å²) in [6.07, 6.45) is 0.904.